The van der Waals surface area contributed by atoms with Gasteiger partial charge in [0.1, 0.15) is 5.70 Å². The number of benzene rings is 2. The monoisotopic (exact) mass is 396 g/mol. The number of aryl methyl sites for hydroxylation is 1. The molecule has 0 heterocycles. The van der Waals surface area contributed by atoms with Gasteiger partial charge >= 0.3 is 0 Å². The van der Waals surface area contributed by atoms with E-state index in [4.69, 9.17) is 11.6 Å². The summed E-state index contributed by atoms with van der Waals surface area (Å²) >= 11 is 6.25. The van der Waals surface area contributed by atoms with Gasteiger partial charge in [0.15, 0.2) is 0 Å². The third-order valence-electron chi connectivity index (χ3n) is 4.95. The lowest BCUT2D eigenvalue weighted by molar-refractivity contribution is -0.118. The fraction of sp³-hybridized carbons (Fsp3) is 0.304. The van der Waals surface area contributed by atoms with Crippen LogP contribution in [0.5, 0.6) is 0 Å². The molecule has 0 saturated heterocycles. The Labute approximate surface area is 171 Å². The minimum atomic E-state index is -0.322. The fourth-order valence-corrected chi connectivity index (χ4v) is 3.51. The molecule has 1 aliphatic rings. The van der Waals surface area contributed by atoms with Gasteiger partial charge in [-0.15, -0.1) is 0 Å². The normalized spacial score (nSPS) is 15.1. The number of nitrogens with one attached hydrogen (secondary N) is 2. The van der Waals surface area contributed by atoms with E-state index in [2.05, 4.69) is 10.6 Å². The van der Waals surface area contributed by atoms with Crippen LogP contribution < -0.4 is 10.6 Å². The van der Waals surface area contributed by atoms with Crippen LogP contribution in [0, 0.1) is 6.92 Å². The van der Waals surface area contributed by atoms with Crippen molar-refractivity contribution in [1.82, 2.24) is 10.6 Å². The number of rotatable bonds is 5. The number of hydrogen-bond acceptors (Lipinski definition) is 2. The van der Waals surface area contributed by atoms with Gasteiger partial charge in [0.05, 0.1) is 0 Å². The van der Waals surface area contributed by atoms with E-state index in [-0.39, 0.29) is 23.6 Å². The highest BCUT2D eigenvalue weighted by atomic mass is 35.5. The van der Waals surface area contributed by atoms with Gasteiger partial charge in [-0.2, -0.15) is 0 Å². The first-order valence-corrected chi connectivity index (χ1v) is 10.1. The van der Waals surface area contributed by atoms with Crippen molar-refractivity contribution in [2.24, 2.45) is 0 Å². The molecule has 2 aromatic carbocycles. The van der Waals surface area contributed by atoms with E-state index in [1.807, 2.05) is 37.3 Å². The molecule has 0 unspecified atom stereocenters. The molecule has 2 N–H and O–H groups in total. The van der Waals surface area contributed by atoms with E-state index < -0.39 is 0 Å². The predicted molar refractivity (Wildman–Crippen MR) is 113 cm³/mol. The first-order valence-electron chi connectivity index (χ1n) is 9.68. The Morgan fingerprint density at radius 3 is 2.36 bits per heavy atom. The van der Waals surface area contributed by atoms with Gasteiger partial charge in [0.2, 0.25) is 0 Å². The molecule has 0 aromatic heterocycles. The quantitative estimate of drug-likeness (QED) is 0.708. The Morgan fingerprint density at radius 2 is 1.68 bits per heavy atom. The molecule has 1 fully saturated rings. The number of carbonyl (C=O) groups excluding carboxylic acids is 2. The molecule has 146 valence electrons. The van der Waals surface area contributed by atoms with Crippen molar-refractivity contribution in [3.05, 3.63) is 75.9 Å². The second-order valence-electron chi connectivity index (χ2n) is 7.21. The summed E-state index contributed by atoms with van der Waals surface area (Å²) in [5, 5.41) is 6.35. The molecule has 0 spiro atoms. The van der Waals surface area contributed by atoms with E-state index in [1.165, 1.54) is 6.42 Å². The van der Waals surface area contributed by atoms with Crippen molar-refractivity contribution < 1.29 is 9.59 Å². The van der Waals surface area contributed by atoms with Crippen molar-refractivity contribution in [3.8, 4) is 0 Å². The third kappa shape index (κ3) is 5.46. The zero-order valence-electron chi connectivity index (χ0n) is 16.0. The lowest BCUT2D eigenvalue weighted by Crippen LogP contribution is -2.41. The van der Waals surface area contributed by atoms with E-state index in [9.17, 15) is 9.59 Å². The van der Waals surface area contributed by atoms with Crippen LogP contribution in [-0.4, -0.2) is 17.9 Å². The summed E-state index contributed by atoms with van der Waals surface area (Å²) in [6.07, 6.45) is 7.01. The summed E-state index contributed by atoms with van der Waals surface area (Å²) in [4.78, 5) is 25.6. The molecule has 3 rings (SSSR count). The van der Waals surface area contributed by atoms with Crippen LogP contribution in [0.25, 0.3) is 6.08 Å². The third-order valence-corrected chi connectivity index (χ3v) is 5.30. The largest absolute Gasteiger partial charge is 0.348 e. The maximum atomic E-state index is 12.9. The second kappa shape index (κ2) is 9.56. The van der Waals surface area contributed by atoms with Crippen molar-refractivity contribution in [2.45, 2.75) is 45.1 Å². The van der Waals surface area contributed by atoms with Crippen molar-refractivity contribution in [3.63, 3.8) is 0 Å². The van der Waals surface area contributed by atoms with Gasteiger partial charge in [-0.3, -0.25) is 9.59 Å². The zero-order valence-corrected chi connectivity index (χ0v) is 16.8. The molecule has 5 heteroatoms. The minimum Gasteiger partial charge on any atom is -0.348 e. The summed E-state index contributed by atoms with van der Waals surface area (Å²) in [7, 11) is 0. The molecular formula is C23H25ClN2O2. The lowest BCUT2D eigenvalue weighted by Gasteiger charge is -2.23. The van der Waals surface area contributed by atoms with Crippen LogP contribution in [0.1, 0.15) is 53.6 Å². The van der Waals surface area contributed by atoms with E-state index in [0.29, 0.717) is 16.1 Å². The summed E-state index contributed by atoms with van der Waals surface area (Å²) in [5.41, 5.74) is 2.45. The van der Waals surface area contributed by atoms with Crippen molar-refractivity contribution in [1.29, 1.82) is 0 Å². The fourth-order valence-electron chi connectivity index (χ4n) is 3.32. The van der Waals surface area contributed by atoms with Crippen LogP contribution >= 0.6 is 11.6 Å². The highest BCUT2D eigenvalue weighted by Gasteiger charge is 2.20. The average molecular weight is 397 g/mol. The molecule has 2 aromatic rings. The molecule has 0 atom stereocenters. The van der Waals surface area contributed by atoms with Gasteiger partial charge in [-0.1, -0.05) is 66.8 Å². The van der Waals surface area contributed by atoms with Gasteiger partial charge < -0.3 is 10.6 Å². The molecule has 0 aliphatic heterocycles. The standard InChI is InChI=1S/C23H25ClN2O2/c1-16-11-13-17(14-12-16)22(27)26-21(15-18-7-5-6-10-20(18)24)23(28)25-19-8-3-2-4-9-19/h5-7,10-15,19H,2-4,8-9H2,1H3,(H,25,28)(H,26,27)/b21-15+. The lowest BCUT2D eigenvalue weighted by atomic mass is 9.95. The van der Waals surface area contributed by atoms with E-state index >= 15 is 0 Å². The molecule has 4 nitrogen and oxygen atoms in total. The van der Waals surface area contributed by atoms with Crippen LogP contribution in [0.2, 0.25) is 5.02 Å². The van der Waals surface area contributed by atoms with Crippen LogP contribution in [0.3, 0.4) is 0 Å². The topological polar surface area (TPSA) is 58.2 Å². The molecule has 2 amide bonds. The number of carbonyl (C=O) groups is 2. The van der Waals surface area contributed by atoms with Gasteiger partial charge in [0, 0.05) is 16.6 Å². The van der Waals surface area contributed by atoms with Crippen molar-refractivity contribution in [2.75, 3.05) is 0 Å². The predicted octanol–water partition coefficient (Wildman–Crippen LogP) is 4.87. The highest BCUT2D eigenvalue weighted by Crippen LogP contribution is 2.20. The van der Waals surface area contributed by atoms with Gasteiger partial charge in [-0.05, 0) is 49.6 Å². The Balaban J connectivity index is 1.83. The Morgan fingerprint density at radius 1 is 1.00 bits per heavy atom. The van der Waals surface area contributed by atoms with Gasteiger partial charge in [-0.25, -0.2) is 0 Å². The second-order valence-corrected chi connectivity index (χ2v) is 7.62. The van der Waals surface area contributed by atoms with Gasteiger partial charge in [0.25, 0.3) is 11.8 Å². The van der Waals surface area contributed by atoms with Crippen LogP contribution in [-0.2, 0) is 4.79 Å². The Bertz CT molecular complexity index is 868. The SMILES string of the molecule is Cc1ccc(C(=O)N/C(=C/c2ccccc2Cl)C(=O)NC2CCCCC2)cc1. The Hall–Kier alpha value is -2.59. The van der Waals surface area contributed by atoms with Crippen LogP contribution in [0.15, 0.2) is 54.2 Å². The first-order chi connectivity index (χ1) is 13.5. The molecule has 28 heavy (non-hydrogen) atoms. The highest BCUT2D eigenvalue weighted by molar-refractivity contribution is 6.32. The van der Waals surface area contributed by atoms with E-state index in [1.54, 1.807) is 24.3 Å². The van der Waals surface area contributed by atoms with Crippen LogP contribution in [0.4, 0.5) is 0 Å². The average Bonchev–Trinajstić information content (AvgIpc) is 2.70. The molecule has 1 saturated carbocycles. The Kier molecular flexibility index (Phi) is 6.88. The number of halogens is 1. The molecule has 0 radical (unpaired) electrons. The smallest absolute Gasteiger partial charge is 0.268 e. The molecule has 0 bridgehead atoms. The summed E-state index contributed by atoms with van der Waals surface area (Å²) in [5.74, 6) is -0.607. The zero-order chi connectivity index (χ0) is 19.9. The summed E-state index contributed by atoms with van der Waals surface area (Å²) < 4.78 is 0. The number of amides is 2. The maximum absolute atomic E-state index is 12.9. The molecular weight excluding hydrogens is 372 g/mol. The minimum absolute atomic E-state index is 0.146. The number of hydrogen-bond donors (Lipinski definition) is 2. The first kappa shape index (κ1) is 20.2. The van der Waals surface area contributed by atoms with E-state index in [0.717, 1.165) is 31.2 Å². The van der Waals surface area contributed by atoms with Crippen molar-refractivity contribution >= 4 is 29.5 Å². The molecule has 1 aliphatic carbocycles. The summed E-state index contributed by atoms with van der Waals surface area (Å²) in [6, 6.07) is 14.6. The summed E-state index contributed by atoms with van der Waals surface area (Å²) in [6.45, 7) is 1.96. The maximum Gasteiger partial charge on any atom is 0.268 e.